The molecule has 2 heterocycles. The number of imide groups is 1. The summed E-state index contributed by atoms with van der Waals surface area (Å²) in [4.78, 5) is 52.2. The third-order valence-corrected chi connectivity index (χ3v) is 6.81. The molecule has 2 amide bonds. The number of nitrogens with two attached hydrogens (primary N) is 1. The van der Waals surface area contributed by atoms with Gasteiger partial charge in [-0.2, -0.15) is 0 Å². The van der Waals surface area contributed by atoms with Gasteiger partial charge in [-0.15, -0.1) is 11.8 Å². The molecule has 3 aromatic carbocycles. The average molecular weight is 505 g/mol. The van der Waals surface area contributed by atoms with Crippen LogP contribution < -0.4 is 20.1 Å². The summed E-state index contributed by atoms with van der Waals surface area (Å²) < 4.78 is 15.6. The molecular weight excluding hydrogens is 484 g/mol. The molecule has 1 fully saturated rings. The molecule has 9 nitrogen and oxygen atoms in total. The first-order valence-electron chi connectivity index (χ1n) is 11.0. The summed E-state index contributed by atoms with van der Waals surface area (Å²) >= 11 is 1.28. The van der Waals surface area contributed by atoms with Crippen molar-refractivity contribution in [3.8, 4) is 11.5 Å². The number of rotatable bonds is 7. The van der Waals surface area contributed by atoms with E-state index >= 15 is 0 Å². The number of carbonyl (C=O) groups excluding carboxylic acids is 4. The monoisotopic (exact) mass is 504 g/mol. The summed E-state index contributed by atoms with van der Waals surface area (Å²) in [6.45, 7) is -0.361. The van der Waals surface area contributed by atoms with Crippen LogP contribution >= 0.6 is 11.8 Å². The van der Waals surface area contributed by atoms with E-state index in [9.17, 15) is 19.2 Å². The number of hydrogen-bond donors (Lipinski definition) is 1. The molecule has 0 bridgehead atoms. The van der Waals surface area contributed by atoms with E-state index in [0.717, 1.165) is 9.80 Å². The molecule has 1 saturated heterocycles. The molecule has 0 aromatic heterocycles. The Hall–Kier alpha value is -4.31. The van der Waals surface area contributed by atoms with E-state index in [2.05, 4.69) is 0 Å². The van der Waals surface area contributed by atoms with Gasteiger partial charge in [0.05, 0.1) is 16.5 Å². The quantitative estimate of drug-likeness (QED) is 0.223. The Morgan fingerprint density at radius 2 is 1.72 bits per heavy atom. The number of ketones is 1. The number of nitrogens with zero attached hydrogens (tertiary/aromatic N) is 1. The number of nitrogen functional groups attached to an aromatic ring is 1. The molecule has 1 atom stereocenters. The topological polar surface area (TPSA) is 125 Å². The van der Waals surface area contributed by atoms with Crippen molar-refractivity contribution in [3.63, 3.8) is 0 Å². The van der Waals surface area contributed by atoms with E-state index in [4.69, 9.17) is 19.9 Å². The van der Waals surface area contributed by atoms with Crippen molar-refractivity contribution in [2.45, 2.75) is 16.6 Å². The molecule has 2 aliphatic heterocycles. The highest BCUT2D eigenvalue weighted by molar-refractivity contribution is 8.00. The number of amides is 2. The van der Waals surface area contributed by atoms with Gasteiger partial charge in [0.15, 0.2) is 23.9 Å². The van der Waals surface area contributed by atoms with Crippen molar-refractivity contribution in [1.82, 2.24) is 0 Å². The number of ether oxygens (including phenoxy) is 3. The number of thioether (sulfide) groups is 1. The van der Waals surface area contributed by atoms with E-state index < -0.39 is 23.6 Å². The summed E-state index contributed by atoms with van der Waals surface area (Å²) in [5.41, 5.74) is 7.24. The zero-order valence-electron chi connectivity index (χ0n) is 18.8. The van der Waals surface area contributed by atoms with Crippen molar-refractivity contribution in [2.75, 3.05) is 24.0 Å². The predicted octanol–water partition coefficient (Wildman–Crippen LogP) is 3.46. The lowest BCUT2D eigenvalue weighted by molar-refractivity contribution is -0.121. The van der Waals surface area contributed by atoms with Gasteiger partial charge in [0.1, 0.15) is 0 Å². The maximum absolute atomic E-state index is 12.9. The van der Waals surface area contributed by atoms with Crippen LogP contribution in [0.3, 0.4) is 0 Å². The number of carbonyl (C=O) groups is 4. The van der Waals surface area contributed by atoms with Gasteiger partial charge in [0.2, 0.25) is 18.6 Å². The maximum Gasteiger partial charge on any atom is 0.338 e. The van der Waals surface area contributed by atoms with Crippen LogP contribution in [-0.2, 0) is 14.3 Å². The fraction of sp³-hybridized carbons (Fsp3) is 0.154. The normalized spacial score (nSPS) is 16.3. The molecule has 2 N–H and O–H groups in total. The highest BCUT2D eigenvalue weighted by Crippen LogP contribution is 2.35. The minimum absolute atomic E-state index is 0.0596. The van der Waals surface area contributed by atoms with Gasteiger partial charge < -0.3 is 19.9 Å². The number of fused-ring (bicyclic) bond motifs is 1. The van der Waals surface area contributed by atoms with Crippen molar-refractivity contribution in [3.05, 3.63) is 77.9 Å². The van der Waals surface area contributed by atoms with Crippen LogP contribution in [0.1, 0.15) is 27.1 Å². The number of benzene rings is 3. The molecule has 0 spiro atoms. The van der Waals surface area contributed by atoms with E-state index in [1.165, 1.54) is 42.1 Å². The number of esters is 1. The van der Waals surface area contributed by atoms with Gasteiger partial charge in [-0.1, -0.05) is 6.07 Å². The van der Waals surface area contributed by atoms with Gasteiger partial charge in [-0.3, -0.25) is 14.4 Å². The minimum Gasteiger partial charge on any atom is -0.454 e. The zero-order chi connectivity index (χ0) is 25.2. The van der Waals surface area contributed by atoms with Gasteiger partial charge in [-0.25, -0.2) is 9.69 Å². The van der Waals surface area contributed by atoms with E-state index in [-0.39, 0.29) is 30.6 Å². The van der Waals surface area contributed by atoms with Crippen molar-refractivity contribution < 1.29 is 33.4 Å². The third-order valence-electron chi connectivity index (χ3n) is 5.63. The minimum atomic E-state index is -0.704. The molecule has 0 radical (unpaired) electrons. The molecule has 10 heteroatoms. The lowest BCUT2D eigenvalue weighted by Gasteiger charge is -2.15. The maximum atomic E-state index is 12.9. The summed E-state index contributed by atoms with van der Waals surface area (Å²) in [7, 11) is 0. The van der Waals surface area contributed by atoms with Crippen LogP contribution in [0.15, 0.2) is 71.6 Å². The first kappa shape index (κ1) is 23.4. The summed E-state index contributed by atoms with van der Waals surface area (Å²) in [6, 6.07) is 17.7. The largest absolute Gasteiger partial charge is 0.454 e. The second-order valence-electron chi connectivity index (χ2n) is 8.06. The highest BCUT2D eigenvalue weighted by Gasteiger charge is 2.40. The van der Waals surface area contributed by atoms with E-state index in [1.807, 2.05) is 6.07 Å². The van der Waals surface area contributed by atoms with E-state index in [0.29, 0.717) is 28.4 Å². The summed E-state index contributed by atoms with van der Waals surface area (Å²) in [5.74, 6) is -0.751. The van der Waals surface area contributed by atoms with Crippen LogP contribution in [-0.4, -0.2) is 42.2 Å². The Balaban J connectivity index is 1.20. The summed E-state index contributed by atoms with van der Waals surface area (Å²) in [6.07, 6.45) is 0.0596. The van der Waals surface area contributed by atoms with Crippen LogP contribution in [0, 0.1) is 0 Å². The summed E-state index contributed by atoms with van der Waals surface area (Å²) in [5, 5.41) is -0.564. The van der Waals surface area contributed by atoms with Gasteiger partial charge in [-0.05, 0) is 60.7 Å². The molecule has 36 heavy (non-hydrogen) atoms. The van der Waals surface area contributed by atoms with Gasteiger partial charge in [0, 0.05) is 22.6 Å². The van der Waals surface area contributed by atoms with Crippen molar-refractivity contribution >= 4 is 46.7 Å². The fourth-order valence-electron chi connectivity index (χ4n) is 3.83. The van der Waals surface area contributed by atoms with Gasteiger partial charge in [0.25, 0.3) is 0 Å². The lowest BCUT2D eigenvalue weighted by Crippen LogP contribution is -2.31. The number of Topliss-reactive ketones (excluding diaryl/α,β-unsaturated/α-hetero) is 1. The molecule has 1 unspecified atom stereocenters. The molecule has 2 aliphatic rings. The fourth-order valence-corrected chi connectivity index (χ4v) is 4.96. The Morgan fingerprint density at radius 3 is 2.50 bits per heavy atom. The number of hydrogen-bond acceptors (Lipinski definition) is 9. The van der Waals surface area contributed by atoms with Crippen molar-refractivity contribution in [2.24, 2.45) is 0 Å². The number of anilines is 2. The first-order chi connectivity index (χ1) is 17.4. The Bertz CT molecular complexity index is 1370. The van der Waals surface area contributed by atoms with Crippen LogP contribution in [0.25, 0.3) is 0 Å². The first-order valence-corrected chi connectivity index (χ1v) is 11.9. The van der Waals surface area contributed by atoms with Crippen LogP contribution in [0.5, 0.6) is 11.5 Å². The molecule has 182 valence electrons. The Morgan fingerprint density at radius 1 is 0.972 bits per heavy atom. The van der Waals surface area contributed by atoms with E-state index in [1.54, 1.807) is 30.3 Å². The second-order valence-corrected chi connectivity index (χ2v) is 9.34. The molecular formula is C26H20N2O7S. The smallest absolute Gasteiger partial charge is 0.338 e. The van der Waals surface area contributed by atoms with Gasteiger partial charge >= 0.3 is 5.97 Å². The van der Waals surface area contributed by atoms with Crippen LogP contribution in [0.4, 0.5) is 11.4 Å². The molecule has 0 aliphatic carbocycles. The van der Waals surface area contributed by atoms with Crippen LogP contribution in [0.2, 0.25) is 0 Å². The standard InChI is InChI=1S/C26H20N2O7S/c27-17-2-1-3-19(11-17)36-23-12-24(30)28(25(23)31)18-7-4-15(5-8-18)26(32)33-13-20(29)16-6-9-21-22(10-16)35-14-34-21/h1-11,23H,12-14,27H2. The predicted molar refractivity (Wildman–Crippen MR) is 131 cm³/mol. The third kappa shape index (κ3) is 4.76. The average Bonchev–Trinajstić information content (AvgIpc) is 3.45. The molecule has 5 rings (SSSR count). The Kier molecular flexibility index (Phi) is 6.34. The lowest BCUT2D eigenvalue weighted by atomic mass is 10.1. The molecule has 3 aromatic rings. The second kappa shape index (κ2) is 9.74. The SMILES string of the molecule is Nc1cccc(SC2CC(=O)N(c3ccc(C(=O)OCC(=O)c4ccc5c(c4)OCO5)cc3)C2=O)c1. The highest BCUT2D eigenvalue weighted by atomic mass is 32.2. The van der Waals surface area contributed by atoms with Crippen molar-refractivity contribution in [1.29, 1.82) is 0 Å². The molecule has 0 saturated carbocycles. The Labute approximate surface area is 210 Å². The zero-order valence-corrected chi connectivity index (χ0v) is 19.7.